The lowest BCUT2D eigenvalue weighted by molar-refractivity contribution is 0.0135. The van der Waals surface area contributed by atoms with Crippen molar-refractivity contribution in [2.75, 3.05) is 19.8 Å². The van der Waals surface area contributed by atoms with Gasteiger partial charge in [-0.15, -0.1) is 0 Å². The molecule has 1 unspecified atom stereocenters. The number of hydrogen-bond donors (Lipinski definition) is 1. The lowest BCUT2D eigenvalue weighted by Gasteiger charge is -2.28. The van der Waals surface area contributed by atoms with E-state index in [1.165, 1.54) is 0 Å². The molecule has 5 nitrogen and oxygen atoms in total. The molecule has 6 heteroatoms. The summed E-state index contributed by atoms with van der Waals surface area (Å²) in [6.07, 6.45) is 1.83. The molecule has 0 amide bonds. The van der Waals surface area contributed by atoms with Crippen LogP contribution in [0.5, 0.6) is 0 Å². The topological polar surface area (TPSA) is 56.8 Å². The van der Waals surface area contributed by atoms with Crippen LogP contribution in [-0.4, -0.2) is 25.5 Å². The molecule has 1 fully saturated rings. The highest BCUT2D eigenvalue weighted by Gasteiger charge is 2.39. The molecule has 1 aliphatic rings. The number of rotatable bonds is 6. The molecule has 15 heavy (non-hydrogen) atoms. The van der Waals surface area contributed by atoms with Crippen LogP contribution in [-0.2, 0) is 18.1 Å². The van der Waals surface area contributed by atoms with Crippen molar-refractivity contribution in [1.82, 2.24) is 5.32 Å². The van der Waals surface area contributed by atoms with Gasteiger partial charge in [0.15, 0.2) is 0 Å². The Morgan fingerprint density at radius 3 is 2.33 bits per heavy atom. The normalized spacial score (nSPS) is 27.1. The van der Waals surface area contributed by atoms with Crippen LogP contribution in [0.1, 0.15) is 33.6 Å². The summed E-state index contributed by atoms with van der Waals surface area (Å²) in [5.41, 5.74) is -0.583. The molecular weight excluding hydrogens is 217 g/mol. The van der Waals surface area contributed by atoms with Gasteiger partial charge in [-0.1, -0.05) is 0 Å². The Labute approximate surface area is 91.1 Å². The number of phosphoric acid groups is 1. The van der Waals surface area contributed by atoms with Gasteiger partial charge in [0.05, 0.1) is 13.2 Å². The van der Waals surface area contributed by atoms with E-state index in [2.05, 4.69) is 5.32 Å². The summed E-state index contributed by atoms with van der Waals surface area (Å²) in [6, 6.07) is 0. The predicted molar refractivity (Wildman–Crippen MR) is 57.6 cm³/mol. The van der Waals surface area contributed by atoms with Crippen molar-refractivity contribution in [3.8, 4) is 0 Å². The van der Waals surface area contributed by atoms with Crippen molar-refractivity contribution in [1.29, 1.82) is 0 Å². The molecule has 1 saturated heterocycles. The van der Waals surface area contributed by atoms with Gasteiger partial charge in [0.25, 0.3) is 0 Å². The Morgan fingerprint density at radius 2 is 1.93 bits per heavy atom. The maximum Gasteiger partial charge on any atom is 0.476 e. The molecule has 1 atom stereocenters. The standard InChI is InChI=1S/C9H20NO4P/c1-4-12-15(11,13-5-2)14-9(3)7-6-8-10-9/h10H,4-8H2,1-3H3. The second-order valence-electron chi connectivity index (χ2n) is 3.64. The predicted octanol–water partition coefficient (Wildman–Crippen LogP) is 2.28. The first-order chi connectivity index (χ1) is 7.04. The van der Waals surface area contributed by atoms with Crippen molar-refractivity contribution < 1.29 is 18.1 Å². The van der Waals surface area contributed by atoms with E-state index in [0.29, 0.717) is 13.2 Å². The minimum atomic E-state index is -3.40. The Morgan fingerprint density at radius 1 is 1.33 bits per heavy atom. The lowest BCUT2D eigenvalue weighted by Crippen LogP contribution is -2.38. The number of phosphoric ester groups is 1. The van der Waals surface area contributed by atoms with Gasteiger partial charge in [0.1, 0.15) is 5.72 Å². The molecule has 0 spiro atoms. The molecule has 0 aromatic carbocycles. The van der Waals surface area contributed by atoms with Gasteiger partial charge in [0.2, 0.25) is 0 Å². The quantitative estimate of drug-likeness (QED) is 0.718. The van der Waals surface area contributed by atoms with Crippen LogP contribution >= 0.6 is 7.82 Å². The van der Waals surface area contributed by atoms with Crippen LogP contribution in [0.3, 0.4) is 0 Å². The summed E-state index contributed by atoms with van der Waals surface area (Å²) in [6.45, 7) is 6.89. The van der Waals surface area contributed by atoms with E-state index in [9.17, 15) is 4.57 Å². The lowest BCUT2D eigenvalue weighted by atomic mass is 10.2. The van der Waals surface area contributed by atoms with Crippen molar-refractivity contribution in [3.63, 3.8) is 0 Å². The second kappa shape index (κ2) is 5.41. The van der Waals surface area contributed by atoms with Gasteiger partial charge in [-0.25, -0.2) is 4.57 Å². The fourth-order valence-corrected chi connectivity index (χ4v) is 3.06. The third-order valence-corrected chi connectivity index (χ3v) is 3.99. The van der Waals surface area contributed by atoms with Crippen molar-refractivity contribution in [2.24, 2.45) is 0 Å². The van der Waals surface area contributed by atoms with Crippen molar-refractivity contribution >= 4 is 7.82 Å². The zero-order chi connectivity index (χ0) is 11.4. The summed E-state index contributed by atoms with van der Waals surface area (Å²) >= 11 is 0. The largest absolute Gasteiger partial charge is 0.476 e. The first-order valence-electron chi connectivity index (χ1n) is 5.38. The summed E-state index contributed by atoms with van der Waals surface area (Å²) in [4.78, 5) is 0. The molecular formula is C9H20NO4P. The molecule has 90 valence electrons. The van der Waals surface area contributed by atoms with E-state index in [4.69, 9.17) is 13.6 Å². The Hall–Kier alpha value is 0.0700. The molecule has 0 saturated carbocycles. The van der Waals surface area contributed by atoms with Crippen LogP contribution in [0.2, 0.25) is 0 Å². The van der Waals surface area contributed by atoms with Crippen LogP contribution in [0, 0.1) is 0 Å². The Kier molecular flexibility index (Phi) is 4.74. The summed E-state index contributed by atoms with van der Waals surface area (Å²) in [7, 11) is -3.40. The maximum absolute atomic E-state index is 12.1. The first kappa shape index (κ1) is 13.1. The fraction of sp³-hybridized carbons (Fsp3) is 1.00. The van der Waals surface area contributed by atoms with Crippen molar-refractivity contribution in [3.05, 3.63) is 0 Å². The van der Waals surface area contributed by atoms with Gasteiger partial charge in [-0.2, -0.15) is 0 Å². The molecule has 0 bridgehead atoms. The Bertz CT molecular complexity index is 230. The summed E-state index contributed by atoms with van der Waals surface area (Å²) in [5, 5.41) is 3.15. The van der Waals surface area contributed by atoms with Crippen LogP contribution in [0.4, 0.5) is 0 Å². The van der Waals surface area contributed by atoms with Gasteiger partial charge in [-0.05, 0) is 40.2 Å². The van der Waals surface area contributed by atoms with Crippen LogP contribution < -0.4 is 5.32 Å². The zero-order valence-electron chi connectivity index (χ0n) is 9.62. The third kappa shape index (κ3) is 3.85. The van der Waals surface area contributed by atoms with Gasteiger partial charge < -0.3 is 0 Å². The average Bonchev–Trinajstić information content (AvgIpc) is 2.51. The molecule has 1 aliphatic heterocycles. The monoisotopic (exact) mass is 237 g/mol. The van der Waals surface area contributed by atoms with Gasteiger partial charge in [-0.3, -0.25) is 18.9 Å². The summed E-state index contributed by atoms with van der Waals surface area (Å²) in [5.74, 6) is 0. The highest BCUT2D eigenvalue weighted by Crippen LogP contribution is 2.53. The highest BCUT2D eigenvalue weighted by molar-refractivity contribution is 7.48. The summed E-state index contributed by atoms with van der Waals surface area (Å²) < 4.78 is 27.7. The molecule has 0 radical (unpaired) electrons. The smallest absolute Gasteiger partial charge is 0.289 e. The SMILES string of the molecule is CCOP(=O)(OCC)OC1(C)CCCN1. The van der Waals surface area contributed by atoms with Crippen LogP contribution in [0.15, 0.2) is 0 Å². The van der Waals surface area contributed by atoms with Crippen LogP contribution in [0.25, 0.3) is 0 Å². The van der Waals surface area contributed by atoms with Crippen molar-refractivity contribution in [2.45, 2.75) is 39.3 Å². The molecule has 1 N–H and O–H groups in total. The maximum atomic E-state index is 12.1. The second-order valence-corrected chi connectivity index (χ2v) is 5.23. The minimum absolute atomic E-state index is 0.313. The van der Waals surface area contributed by atoms with E-state index >= 15 is 0 Å². The van der Waals surface area contributed by atoms with Gasteiger partial charge in [0, 0.05) is 0 Å². The molecule has 1 rings (SSSR count). The Balaban J connectivity index is 2.60. The van der Waals surface area contributed by atoms with E-state index in [0.717, 1.165) is 19.4 Å². The van der Waals surface area contributed by atoms with E-state index in [1.54, 1.807) is 13.8 Å². The fourth-order valence-electron chi connectivity index (χ4n) is 1.60. The highest BCUT2D eigenvalue weighted by atomic mass is 31.2. The third-order valence-electron chi connectivity index (χ3n) is 2.22. The van der Waals surface area contributed by atoms with E-state index in [1.807, 2.05) is 6.92 Å². The number of nitrogens with one attached hydrogen (secondary N) is 1. The molecule has 0 aliphatic carbocycles. The molecule has 0 aromatic rings. The first-order valence-corrected chi connectivity index (χ1v) is 6.84. The molecule has 0 aromatic heterocycles. The average molecular weight is 237 g/mol. The molecule has 1 heterocycles. The van der Waals surface area contributed by atoms with E-state index in [-0.39, 0.29) is 0 Å². The van der Waals surface area contributed by atoms with Gasteiger partial charge >= 0.3 is 7.82 Å². The number of hydrogen-bond acceptors (Lipinski definition) is 5. The minimum Gasteiger partial charge on any atom is -0.289 e. The zero-order valence-corrected chi connectivity index (χ0v) is 10.5. The van der Waals surface area contributed by atoms with E-state index < -0.39 is 13.5 Å².